The van der Waals surface area contributed by atoms with E-state index in [0.717, 1.165) is 10.6 Å². The highest BCUT2D eigenvalue weighted by Gasteiger charge is 2.30. The first-order chi connectivity index (χ1) is 9.67. The van der Waals surface area contributed by atoms with Crippen LogP contribution >= 0.6 is 11.6 Å². The highest BCUT2D eigenvalue weighted by Crippen LogP contribution is 2.34. The zero-order chi connectivity index (χ0) is 14.5. The number of likely N-dealkylation sites (N-methyl/N-ethyl adjacent to an activating group) is 1. The van der Waals surface area contributed by atoms with Crippen molar-refractivity contribution < 1.29 is 4.74 Å². The van der Waals surface area contributed by atoms with Crippen molar-refractivity contribution in [2.24, 2.45) is 5.92 Å². The summed E-state index contributed by atoms with van der Waals surface area (Å²) in [6.45, 7) is 2.04. The number of ether oxygens (including phenoxy) is 1. The van der Waals surface area contributed by atoms with Crippen molar-refractivity contribution in [3.05, 3.63) is 34.3 Å². The molecular weight excluding hydrogens is 270 g/mol. The normalized spacial score (nSPS) is 19.8. The zero-order valence-electron chi connectivity index (χ0n) is 12.8. The molecule has 0 aromatic heterocycles. The molecule has 1 aliphatic carbocycles. The van der Waals surface area contributed by atoms with Crippen LogP contribution in [0.2, 0.25) is 5.02 Å². The lowest BCUT2D eigenvalue weighted by Crippen LogP contribution is -2.37. The highest BCUT2D eigenvalue weighted by atomic mass is 35.5. The summed E-state index contributed by atoms with van der Waals surface area (Å²) < 4.78 is 5.86. The van der Waals surface area contributed by atoms with E-state index in [2.05, 4.69) is 23.5 Å². The molecule has 1 aromatic carbocycles. The summed E-state index contributed by atoms with van der Waals surface area (Å²) in [7, 11) is 3.84. The Balaban J connectivity index is 2.21. The monoisotopic (exact) mass is 295 g/mol. The van der Waals surface area contributed by atoms with Gasteiger partial charge in [0, 0.05) is 12.1 Å². The van der Waals surface area contributed by atoms with Gasteiger partial charge in [0.2, 0.25) is 0 Å². The lowest BCUT2D eigenvalue weighted by Gasteiger charge is -2.35. The van der Waals surface area contributed by atoms with Gasteiger partial charge in [0.15, 0.2) is 0 Å². The van der Waals surface area contributed by atoms with Gasteiger partial charge in [-0.05, 0) is 49.9 Å². The second-order valence-corrected chi connectivity index (χ2v) is 6.28. The Bertz CT molecular complexity index is 429. The third kappa shape index (κ3) is 3.55. The van der Waals surface area contributed by atoms with Gasteiger partial charge in [0.25, 0.3) is 0 Å². The molecule has 2 nitrogen and oxygen atoms in total. The molecule has 112 valence electrons. The topological polar surface area (TPSA) is 21.3 Å². The molecule has 1 aromatic rings. The predicted octanol–water partition coefficient (Wildman–Crippen LogP) is 4.50. The molecule has 3 heteroatoms. The maximum absolute atomic E-state index is 6.28. The third-order valence-electron chi connectivity index (χ3n) is 4.58. The number of nitrogens with one attached hydrogen (secondary N) is 1. The summed E-state index contributed by atoms with van der Waals surface area (Å²) >= 11 is 6.28. The molecule has 0 radical (unpaired) electrons. The van der Waals surface area contributed by atoms with Gasteiger partial charge in [-0.3, -0.25) is 0 Å². The van der Waals surface area contributed by atoms with E-state index < -0.39 is 0 Å². The van der Waals surface area contributed by atoms with Gasteiger partial charge in [-0.25, -0.2) is 0 Å². The van der Waals surface area contributed by atoms with Crippen molar-refractivity contribution in [3.8, 4) is 0 Å². The van der Waals surface area contributed by atoms with Gasteiger partial charge in [-0.2, -0.15) is 0 Å². The van der Waals surface area contributed by atoms with Crippen molar-refractivity contribution in [1.29, 1.82) is 0 Å². The molecule has 2 rings (SSSR count). The van der Waals surface area contributed by atoms with E-state index in [-0.39, 0.29) is 12.1 Å². The molecule has 2 unspecified atom stereocenters. The minimum atomic E-state index is 0.209. The van der Waals surface area contributed by atoms with E-state index >= 15 is 0 Å². The van der Waals surface area contributed by atoms with Crippen LogP contribution in [-0.4, -0.2) is 20.3 Å². The molecule has 0 bridgehead atoms. The van der Waals surface area contributed by atoms with Crippen molar-refractivity contribution in [1.82, 2.24) is 5.32 Å². The van der Waals surface area contributed by atoms with E-state index in [0.29, 0.717) is 5.92 Å². The van der Waals surface area contributed by atoms with Crippen LogP contribution in [0.15, 0.2) is 18.2 Å². The molecule has 0 saturated heterocycles. The number of benzene rings is 1. The smallest absolute Gasteiger partial charge is 0.0793 e. The highest BCUT2D eigenvalue weighted by molar-refractivity contribution is 6.31. The zero-order valence-corrected chi connectivity index (χ0v) is 13.5. The average Bonchev–Trinajstić information content (AvgIpc) is 2.48. The minimum absolute atomic E-state index is 0.209. The summed E-state index contributed by atoms with van der Waals surface area (Å²) in [6, 6.07) is 6.54. The molecule has 1 aliphatic rings. The van der Waals surface area contributed by atoms with Crippen molar-refractivity contribution in [2.45, 2.75) is 51.2 Å². The van der Waals surface area contributed by atoms with Gasteiger partial charge < -0.3 is 10.1 Å². The number of hydrogen-bond acceptors (Lipinski definition) is 2. The lowest BCUT2D eigenvalue weighted by molar-refractivity contribution is 0.00941. The number of methoxy groups -OCH3 is 1. The SMILES string of the molecule is CNC(c1ccc(C)c(Cl)c1)C(OC)C1CCCCC1. The lowest BCUT2D eigenvalue weighted by atomic mass is 9.81. The van der Waals surface area contributed by atoms with Crippen molar-refractivity contribution >= 4 is 11.6 Å². The van der Waals surface area contributed by atoms with Crippen LogP contribution in [0.4, 0.5) is 0 Å². The van der Waals surface area contributed by atoms with Gasteiger partial charge in [0.1, 0.15) is 0 Å². The van der Waals surface area contributed by atoms with E-state index in [1.807, 2.05) is 21.1 Å². The molecular formula is C17H26ClNO. The molecule has 0 amide bonds. The van der Waals surface area contributed by atoms with E-state index in [4.69, 9.17) is 16.3 Å². The maximum Gasteiger partial charge on any atom is 0.0793 e. The Hall–Kier alpha value is -0.570. The van der Waals surface area contributed by atoms with Gasteiger partial charge in [-0.15, -0.1) is 0 Å². The fourth-order valence-corrected chi connectivity index (χ4v) is 3.58. The van der Waals surface area contributed by atoms with Gasteiger partial charge in [0.05, 0.1) is 12.1 Å². The van der Waals surface area contributed by atoms with Crippen molar-refractivity contribution in [2.75, 3.05) is 14.2 Å². The molecule has 20 heavy (non-hydrogen) atoms. The molecule has 0 aliphatic heterocycles. The largest absolute Gasteiger partial charge is 0.379 e. The standard InChI is InChI=1S/C17H26ClNO/c1-12-9-10-14(11-15(12)18)16(19-2)17(20-3)13-7-5-4-6-8-13/h9-11,13,16-17,19H,4-8H2,1-3H3. The van der Waals surface area contributed by atoms with Crippen LogP contribution in [0.3, 0.4) is 0 Å². The Labute approximate surface area is 127 Å². The Morgan fingerprint density at radius 1 is 1.25 bits per heavy atom. The Morgan fingerprint density at radius 3 is 2.50 bits per heavy atom. The number of rotatable bonds is 5. The first-order valence-electron chi connectivity index (χ1n) is 7.63. The third-order valence-corrected chi connectivity index (χ3v) is 4.99. The van der Waals surface area contributed by atoms with Gasteiger partial charge in [-0.1, -0.05) is 43.0 Å². The molecule has 2 atom stereocenters. The predicted molar refractivity (Wildman–Crippen MR) is 85.4 cm³/mol. The first kappa shape index (κ1) is 15.8. The number of aryl methyl sites for hydroxylation is 1. The summed E-state index contributed by atoms with van der Waals surface area (Å²) in [5.41, 5.74) is 2.34. The second kappa shape index (κ2) is 7.44. The van der Waals surface area contributed by atoms with Crippen molar-refractivity contribution in [3.63, 3.8) is 0 Å². The Kier molecular flexibility index (Phi) is 5.88. The molecule has 0 spiro atoms. The molecule has 1 N–H and O–H groups in total. The first-order valence-corrected chi connectivity index (χ1v) is 8.01. The molecule has 0 heterocycles. The summed E-state index contributed by atoms with van der Waals surface area (Å²) in [5.74, 6) is 0.645. The van der Waals surface area contributed by atoms with E-state index in [1.54, 1.807) is 0 Å². The van der Waals surface area contributed by atoms with Crippen LogP contribution in [0.5, 0.6) is 0 Å². The quantitative estimate of drug-likeness (QED) is 0.863. The van der Waals surface area contributed by atoms with Gasteiger partial charge >= 0.3 is 0 Å². The number of hydrogen-bond donors (Lipinski definition) is 1. The maximum atomic E-state index is 6.28. The van der Waals surface area contributed by atoms with Crippen LogP contribution in [-0.2, 0) is 4.74 Å². The molecule has 1 fully saturated rings. The second-order valence-electron chi connectivity index (χ2n) is 5.87. The van der Waals surface area contributed by atoms with Crippen LogP contribution in [0.1, 0.15) is 49.3 Å². The summed E-state index contributed by atoms with van der Waals surface area (Å²) in [5, 5.41) is 4.26. The van der Waals surface area contributed by atoms with Crippen LogP contribution in [0, 0.1) is 12.8 Å². The number of halogens is 1. The summed E-state index contributed by atoms with van der Waals surface area (Å²) in [6.07, 6.45) is 6.80. The minimum Gasteiger partial charge on any atom is -0.379 e. The summed E-state index contributed by atoms with van der Waals surface area (Å²) in [4.78, 5) is 0. The van der Waals surface area contributed by atoms with Crippen LogP contribution in [0.25, 0.3) is 0 Å². The average molecular weight is 296 g/mol. The van der Waals surface area contributed by atoms with Crippen LogP contribution < -0.4 is 5.32 Å². The fraction of sp³-hybridized carbons (Fsp3) is 0.647. The fourth-order valence-electron chi connectivity index (χ4n) is 3.39. The Morgan fingerprint density at radius 2 is 1.95 bits per heavy atom. The van der Waals surface area contributed by atoms with E-state index in [9.17, 15) is 0 Å². The molecule has 1 saturated carbocycles. The van der Waals surface area contributed by atoms with E-state index in [1.165, 1.54) is 37.7 Å².